The van der Waals surface area contributed by atoms with Crippen molar-refractivity contribution in [1.29, 1.82) is 0 Å². The van der Waals surface area contributed by atoms with Crippen molar-refractivity contribution in [2.75, 3.05) is 11.9 Å². The normalized spacial score (nSPS) is 10.9. The summed E-state index contributed by atoms with van der Waals surface area (Å²) in [4.78, 5) is 30.9. The number of hydrogen-bond donors (Lipinski definition) is 2. The summed E-state index contributed by atoms with van der Waals surface area (Å²) in [5.41, 5.74) is 3.19. The number of amides is 1. The number of nitrogens with one attached hydrogen (secondary N) is 2. The molecule has 0 fully saturated rings. The summed E-state index contributed by atoms with van der Waals surface area (Å²) < 4.78 is 6.81. The predicted molar refractivity (Wildman–Crippen MR) is 131 cm³/mol. The van der Waals surface area contributed by atoms with E-state index in [0.29, 0.717) is 45.0 Å². The van der Waals surface area contributed by atoms with Crippen LogP contribution in [0.1, 0.15) is 39.1 Å². The third-order valence-electron chi connectivity index (χ3n) is 5.12. The SMILES string of the molecule is CCOc1ccc(NC(=O)c2sc(-n3[nH]c(C)c(Cc4ccccc4Cl)c3=O)nc2C)cc1. The molecule has 0 unspecified atom stereocenters. The lowest BCUT2D eigenvalue weighted by Crippen LogP contribution is -2.17. The molecule has 170 valence electrons. The van der Waals surface area contributed by atoms with Crippen molar-refractivity contribution in [2.45, 2.75) is 27.2 Å². The van der Waals surface area contributed by atoms with Gasteiger partial charge in [-0.15, -0.1) is 0 Å². The molecule has 0 bridgehead atoms. The van der Waals surface area contributed by atoms with E-state index >= 15 is 0 Å². The molecule has 4 aromatic rings. The molecule has 2 heterocycles. The quantitative estimate of drug-likeness (QED) is 0.382. The minimum absolute atomic E-state index is 0.209. The monoisotopic (exact) mass is 482 g/mol. The van der Waals surface area contributed by atoms with Gasteiger partial charge in [-0.05, 0) is 56.7 Å². The van der Waals surface area contributed by atoms with E-state index in [1.807, 2.05) is 32.0 Å². The van der Waals surface area contributed by atoms with Crippen LogP contribution in [-0.2, 0) is 6.42 Å². The van der Waals surface area contributed by atoms with Gasteiger partial charge in [0.25, 0.3) is 11.5 Å². The predicted octanol–water partition coefficient (Wildman–Crippen LogP) is 5.13. The van der Waals surface area contributed by atoms with Crippen LogP contribution >= 0.6 is 22.9 Å². The number of aromatic nitrogens is 3. The first-order valence-electron chi connectivity index (χ1n) is 10.4. The fraction of sp³-hybridized carbons (Fsp3) is 0.208. The lowest BCUT2D eigenvalue weighted by atomic mass is 10.1. The molecule has 0 radical (unpaired) electrons. The minimum Gasteiger partial charge on any atom is -0.494 e. The van der Waals surface area contributed by atoms with Gasteiger partial charge in [0.2, 0.25) is 5.13 Å². The van der Waals surface area contributed by atoms with E-state index in [9.17, 15) is 9.59 Å². The van der Waals surface area contributed by atoms with E-state index in [4.69, 9.17) is 16.3 Å². The van der Waals surface area contributed by atoms with Crippen molar-refractivity contribution in [3.8, 4) is 10.9 Å². The van der Waals surface area contributed by atoms with Crippen molar-refractivity contribution < 1.29 is 9.53 Å². The molecule has 0 spiro atoms. The Kier molecular flexibility index (Phi) is 6.67. The van der Waals surface area contributed by atoms with Crippen molar-refractivity contribution in [3.63, 3.8) is 0 Å². The first-order valence-corrected chi connectivity index (χ1v) is 11.6. The second-order valence-electron chi connectivity index (χ2n) is 7.45. The summed E-state index contributed by atoms with van der Waals surface area (Å²) in [6, 6.07) is 14.6. The molecule has 9 heteroatoms. The number of aromatic amines is 1. The zero-order valence-corrected chi connectivity index (χ0v) is 20.0. The summed E-state index contributed by atoms with van der Waals surface area (Å²) in [5, 5.41) is 6.97. The van der Waals surface area contributed by atoms with Gasteiger partial charge < -0.3 is 10.1 Å². The zero-order valence-electron chi connectivity index (χ0n) is 18.4. The Bertz CT molecular complexity index is 1360. The van der Waals surface area contributed by atoms with Gasteiger partial charge in [-0.2, -0.15) is 4.68 Å². The number of H-pyrrole nitrogens is 1. The van der Waals surface area contributed by atoms with Crippen molar-refractivity contribution in [1.82, 2.24) is 14.8 Å². The van der Waals surface area contributed by atoms with Crippen LogP contribution in [0, 0.1) is 13.8 Å². The van der Waals surface area contributed by atoms with Crippen LogP contribution in [0.5, 0.6) is 5.75 Å². The molecule has 2 N–H and O–H groups in total. The van der Waals surface area contributed by atoms with E-state index < -0.39 is 0 Å². The van der Waals surface area contributed by atoms with Crippen molar-refractivity contribution in [2.24, 2.45) is 0 Å². The Labute approximate surface area is 200 Å². The molecule has 2 aromatic carbocycles. The highest BCUT2D eigenvalue weighted by molar-refractivity contribution is 7.16. The fourth-order valence-corrected chi connectivity index (χ4v) is 4.56. The Hall–Kier alpha value is -3.36. The highest BCUT2D eigenvalue weighted by atomic mass is 35.5. The van der Waals surface area contributed by atoms with Crippen LogP contribution in [0.3, 0.4) is 0 Å². The number of halogens is 1. The topological polar surface area (TPSA) is 89.0 Å². The number of benzene rings is 2. The Morgan fingerprint density at radius 3 is 2.61 bits per heavy atom. The third kappa shape index (κ3) is 4.86. The van der Waals surface area contributed by atoms with E-state index in [1.54, 1.807) is 37.3 Å². The second kappa shape index (κ2) is 9.64. The van der Waals surface area contributed by atoms with E-state index in [2.05, 4.69) is 15.4 Å². The number of thiazole rings is 1. The van der Waals surface area contributed by atoms with E-state index in [0.717, 1.165) is 28.3 Å². The highest BCUT2D eigenvalue weighted by Crippen LogP contribution is 2.24. The number of carbonyl (C=O) groups excluding carboxylic acids is 1. The molecule has 0 aliphatic carbocycles. The molecule has 2 aromatic heterocycles. The summed E-state index contributed by atoms with van der Waals surface area (Å²) in [6.07, 6.45) is 0.406. The summed E-state index contributed by atoms with van der Waals surface area (Å²) in [7, 11) is 0. The van der Waals surface area contributed by atoms with Gasteiger partial charge in [0.05, 0.1) is 12.3 Å². The molecular formula is C24H23ClN4O3S. The Morgan fingerprint density at radius 2 is 1.91 bits per heavy atom. The summed E-state index contributed by atoms with van der Waals surface area (Å²) in [6.45, 7) is 6.07. The summed E-state index contributed by atoms with van der Waals surface area (Å²) in [5.74, 6) is 0.453. The number of rotatable bonds is 7. The number of hydrogen-bond acceptors (Lipinski definition) is 5. The zero-order chi connectivity index (χ0) is 23.5. The van der Waals surface area contributed by atoms with Crippen molar-refractivity contribution >= 4 is 34.5 Å². The average Bonchev–Trinajstić information content (AvgIpc) is 3.31. The van der Waals surface area contributed by atoms with Gasteiger partial charge in [0.1, 0.15) is 10.6 Å². The first kappa shape index (κ1) is 22.8. The molecule has 0 aliphatic heterocycles. The van der Waals surface area contributed by atoms with Crippen LogP contribution in [0.4, 0.5) is 5.69 Å². The molecule has 1 amide bonds. The molecular weight excluding hydrogens is 460 g/mol. The molecule has 4 rings (SSSR count). The van der Waals surface area contributed by atoms with Crippen molar-refractivity contribution in [3.05, 3.63) is 91.3 Å². The second-order valence-corrected chi connectivity index (χ2v) is 8.83. The molecule has 33 heavy (non-hydrogen) atoms. The largest absolute Gasteiger partial charge is 0.494 e. The molecule has 0 saturated heterocycles. The number of carbonyl (C=O) groups is 1. The van der Waals surface area contributed by atoms with Crippen LogP contribution in [0.25, 0.3) is 5.13 Å². The first-order chi connectivity index (χ1) is 15.9. The summed E-state index contributed by atoms with van der Waals surface area (Å²) >= 11 is 7.43. The van der Waals surface area contributed by atoms with Crippen LogP contribution < -0.4 is 15.6 Å². The maximum Gasteiger partial charge on any atom is 0.277 e. The standard InChI is InChI=1S/C24H23ClN4O3S/c1-4-32-18-11-9-17(10-12-18)27-22(30)21-15(3)26-24(33-21)29-23(31)19(14(2)28-29)13-16-7-5-6-8-20(16)25/h5-12,28H,4,13H2,1-3H3,(H,27,30). The third-order valence-corrected chi connectivity index (χ3v) is 6.63. The number of anilines is 1. The Balaban J connectivity index is 1.57. The molecule has 0 aliphatic rings. The lowest BCUT2D eigenvalue weighted by molar-refractivity contribution is 0.103. The van der Waals surface area contributed by atoms with E-state index in [1.165, 1.54) is 4.68 Å². The highest BCUT2D eigenvalue weighted by Gasteiger charge is 2.20. The number of aryl methyl sites for hydroxylation is 2. The van der Waals surface area contributed by atoms with Crippen LogP contribution in [-0.4, -0.2) is 27.3 Å². The molecule has 0 saturated carbocycles. The van der Waals surface area contributed by atoms with Gasteiger partial charge in [0.15, 0.2) is 0 Å². The number of nitrogens with zero attached hydrogens (tertiary/aromatic N) is 2. The van der Waals surface area contributed by atoms with Gasteiger partial charge in [-0.3, -0.25) is 14.7 Å². The maximum atomic E-state index is 13.1. The van der Waals surface area contributed by atoms with Gasteiger partial charge >= 0.3 is 0 Å². The lowest BCUT2D eigenvalue weighted by Gasteiger charge is -2.06. The average molecular weight is 483 g/mol. The van der Waals surface area contributed by atoms with Gasteiger partial charge in [-0.25, -0.2) is 4.98 Å². The van der Waals surface area contributed by atoms with Gasteiger partial charge in [0, 0.05) is 28.4 Å². The molecule has 7 nitrogen and oxygen atoms in total. The Morgan fingerprint density at radius 1 is 1.18 bits per heavy atom. The van der Waals surface area contributed by atoms with Gasteiger partial charge in [-0.1, -0.05) is 41.1 Å². The maximum absolute atomic E-state index is 13.1. The molecule has 0 atom stereocenters. The van der Waals surface area contributed by atoms with E-state index in [-0.39, 0.29) is 11.5 Å². The number of ether oxygens (including phenoxy) is 1. The smallest absolute Gasteiger partial charge is 0.277 e. The minimum atomic E-state index is -0.284. The van der Waals surface area contributed by atoms with Crippen LogP contribution in [0.2, 0.25) is 5.02 Å². The fourth-order valence-electron chi connectivity index (χ4n) is 3.43. The van der Waals surface area contributed by atoms with Crippen LogP contribution in [0.15, 0.2) is 53.3 Å².